The summed E-state index contributed by atoms with van der Waals surface area (Å²) in [6.07, 6.45) is 14.8. The second-order valence-electron chi connectivity index (χ2n) is 2.95. The lowest BCUT2D eigenvalue weighted by molar-refractivity contribution is 1.38. The first-order chi connectivity index (χ1) is 5.88. The third-order valence-electron chi connectivity index (χ3n) is 2.10. The summed E-state index contributed by atoms with van der Waals surface area (Å²) in [6.45, 7) is 0. The maximum absolute atomic E-state index is 5.35. The topological polar surface area (TPSA) is 0 Å². The Morgan fingerprint density at radius 3 is 2.83 bits per heavy atom. The monoisotopic (exact) mass is 174 g/mol. The highest BCUT2D eigenvalue weighted by Crippen LogP contribution is 2.21. The smallest absolute Gasteiger partial charge is 0.0481 e. The summed E-state index contributed by atoms with van der Waals surface area (Å²) in [7, 11) is 0. The van der Waals surface area contributed by atoms with E-state index in [1.807, 2.05) is 0 Å². The van der Waals surface area contributed by atoms with E-state index in [1.54, 1.807) is 0 Å². The SMILES string of the molecule is S=C(C1=CCC=C1)C1=CC=CC1. The molecule has 12 heavy (non-hydrogen) atoms. The van der Waals surface area contributed by atoms with Gasteiger partial charge >= 0.3 is 0 Å². The molecule has 0 bridgehead atoms. The van der Waals surface area contributed by atoms with Crippen LogP contribution in [0.3, 0.4) is 0 Å². The van der Waals surface area contributed by atoms with Gasteiger partial charge in [-0.2, -0.15) is 0 Å². The molecule has 60 valence electrons. The van der Waals surface area contributed by atoms with E-state index < -0.39 is 0 Å². The summed E-state index contributed by atoms with van der Waals surface area (Å²) < 4.78 is 0. The predicted molar refractivity (Wildman–Crippen MR) is 56.3 cm³/mol. The van der Waals surface area contributed by atoms with Crippen molar-refractivity contribution >= 4 is 17.1 Å². The van der Waals surface area contributed by atoms with Gasteiger partial charge in [0.25, 0.3) is 0 Å². The van der Waals surface area contributed by atoms with Crippen LogP contribution in [0.5, 0.6) is 0 Å². The highest BCUT2D eigenvalue weighted by Gasteiger charge is 2.10. The quantitative estimate of drug-likeness (QED) is 0.579. The van der Waals surface area contributed by atoms with Crippen molar-refractivity contribution in [3.8, 4) is 0 Å². The molecule has 0 spiro atoms. The average molecular weight is 174 g/mol. The van der Waals surface area contributed by atoms with Crippen LogP contribution in [0.1, 0.15) is 12.8 Å². The van der Waals surface area contributed by atoms with Crippen LogP contribution in [0, 0.1) is 0 Å². The van der Waals surface area contributed by atoms with Gasteiger partial charge in [0.2, 0.25) is 0 Å². The average Bonchev–Trinajstić information content (AvgIpc) is 2.77. The Morgan fingerprint density at radius 2 is 2.25 bits per heavy atom. The minimum atomic E-state index is 1.00. The van der Waals surface area contributed by atoms with E-state index in [1.165, 1.54) is 11.1 Å². The van der Waals surface area contributed by atoms with Gasteiger partial charge in [-0.15, -0.1) is 0 Å². The van der Waals surface area contributed by atoms with E-state index in [2.05, 4.69) is 36.5 Å². The Morgan fingerprint density at radius 1 is 1.33 bits per heavy atom. The van der Waals surface area contributed by atoms with Gasteiger partial charge in [0.1, 0.15) is 0 Å². The fraction of sp³-hybridized carbons (Fsp3) is 0.182. The van der Waals surface area contributed by atoms with Gasteiger partial charge in [0.05, 0.1) is 0 Å². The van der Waals surface area contributed by atoms with Gasteiger partial charge < -0.3 is 0 Å². The molecular formula is C11H10S. The second-order valence-corrected chi connectivity index (χ2v) is 3.36. The van der Waals surface area contributed by atoms with Crippen molar-refractivity contribution in [1.82, 2.24) is 0 Å². The van der Waals surface area contributed by atoms with Gasteiger partial charge in [-0.25, -0.2) is 0 Å². The molecule has 0 amide bonds. The van der Waals surface area contributed by atoms with Gasteiger partial charge in [-0.1, -0.05) is 48.7 Å². The molecule has 0 aliphatic heterocycles. The largest absolute Gasteiger partial charge is 0.0801 e. The Bertz CT molecular complexity index is 327. The molecule has 0 fully saturated rings. The van der Waals surface area contributed by atoms with E-state index in [9.17, 15) is 0 Å². The lowest BCUT2D eigenvalue weighted by Gasteiger charge is -2.02. The van der Waals surface area contributed by atoms with Crippen LogP contribution in [0.15, 0.2) is 47.6 Å². The molecule has 2 rings (SSSR count). The molecule has 0 heterocycles. The van der Waals surface area contributed by atoms with Crippen molar-refractivity contribution in [2.24, 2.45) is 0 Å². The van der Waals surface area contributed by atoms with Gasteiger partial charge in [0.15, 0.2) is 0 Å². The normalized spacial score (nSPS) is 19.7. The molecule has 0 nitrogen and oxygen atoms in total. The van der Waals surface area contributed by atoms with Crippen molar-refractivity contribution in [2.45, 2.75) is 12.8 Å². The number of hydrogen-bond acceptors (Lipinski definition) is 1. The first kappa shape index (κ1) is 7.69. The molecule has 0 atom stereocenters. The molecule has 0 saturated heterocycles. The van der Waals surface area contributed by atoms with Crippen LogP contribution in [-0.2, 0) is 0 Å². The molecule has 0 N–H and O–H groups in total. The standard InChI is InChI=1S/C11H10S/c12-11(9-5-1-2-6-9)10-7-3-4-8-10/h1-3,5,7-8H,4,6H2. The molecule has 0 aromatic rings. The summed E-state index contributed by atoms with van der Waals surface area (Å²) in [5.74, 6) is 0. The molecule has 0 radical (unpaired) electrons. The lowest BCUT2D eigenvalue weighted by atomic mass is 10.1. The van der Waals surface area contributed by atoms with E-state index >= 15 is 0 Å². The Balaban J connectivity index is 2.15. The molecule has 0 aromatic heterocycles. The summed E-state index contributed by atoms with van der Waals surface area (Å²) in [6, 6.07) is 0. The Kier molecular flexibility index (Phi) is 2.05. The van der Waals surface area contributed by atoms with E-state index in [-0.39, 0.29) is 0 Å². The maximum Gasteiger partial charge on any atom is 0.0481 e. The molecule has 1 heteroatoms. The number of allylic oxidation sites excluding steroid dienone is 8. The second kappa shape index (κ2) is 3.20. The first-order valence-electron chi connectivity index (χ1n) is 4.15. The van der Waals surface area contributed by atoms with Crippen LogP contribution in [-0.4, -0.2) is 4.86 Å². The Hall–Kier alpha value is -0.950. The molecular weight excluding hydrogens is 164 g/mol. The zero-order valence-electron chi connectivity index (χ0n) is 6.79. The van der Waals surface area contributed by atoms with E-state index in [0.29, 0.717) is 0 Å². The zero-order chi connectivity index (χ0) is 8.39. The van der Waals surface area contributed by atoms with Crippen molar-refractivity contribution in [1.29, 1.82) is 0 Å². The third kappa shape index (κ3) is 1.32. The van der Waals surface area contributed by atoms with Gasteiger partial charge in [-0.05, 0) is 24.0 Å². The summed E-state index contributed by atoms with van der Waals surface area (Å²) >= 11 is 5.35. The van der Waals surface area contributed by atoms with Crippen molar-refractivity contribution < 1.29 is 0 Å². The van der Waals surface area contributed by atoms with Crippen LogP contribution < -0.4 is 0 Å². The number of hydrogen-bond donors (Lipinski definition) is 0. The van der Waals surface area contributed by atoms with Gasteiger partial charge in [0, 0.05) is 4.86 Å². The van der Waals surface area contributed by atoms with E-state index in [4.69, 9.17) is 12.2 Å². The van der Waals surface area contributed by atoms with E-state index in [0.717, 1.165) is 17.7 Å². The fourth-order valence-corrected chi connectivity index (χ4v) is 1.73. The molecule has 0 saturated carbocycles. The molecule has 0 unspecified atom stereocenters. The molecule has 2 aliphatic rings. The first-order valence-corrected chi connectivity index (χ1v) is 4.56. The third-order valence-corrected chi connectivity index (χ3v) is 2.59. The van der Waals surface area contributed by atoms with Gasteiger partial charge in [-0.3, -0.25) is 0 Å². The van der Waals surface area contributed by atoms with Crippen LogP contribution in [0.4, 0.5) is 0 Å². The molecule has 0 aromatic carbocycles. The lowest BCUT2D eigenvalue weighted by Crippen LogP contribution is -1.98. The highest BCUT2D eigenvalue weighted by atomic mass is 32.1. The minimum Gasteiger partial charge on any atom is -0.0801 e. The van der Waals surface area contributed by atoms with Crippen molar-refractivity contribution in [3.05, 3.63) is 47.6 Å². The minimum absolute atomic E-state index is 1.00. The summed E-state index contributed by atoms with van der Waals surface area (Å²) in [5, 5.41) is 0. The summed E-state index contributed by atoms with van der Waals surface area (Å²) in [4.78, 5) is 1.02. The van der Waals surface area contributed by atoms with Crippen molar-refractivity contribution in [3.63, 3.8) is 0 Å². The van der Waals surface area contributed by atoms with Crippen LogP contribution in [0.25, 0.3) is 0 Å². The number of rotatable bonds is 2. The Labute approximate surface area is 78.0 Å². The van der Waals surface area contributed by atoms with Crippen molar-refractivity contribution in [2.75, 3.05) is 0 Å². The fourth-order valence-electron chi connectivity index (χ4n) is 1.43. The molecule has 2 aliphatic carbocycles. The van der Waals surface area contributed by atoms with Crippen LogP contribution in [0.2, 0.25) is 0 Å². The summed E-state index contributed by atoms with van der Waals surface area (Å²) in [5.41, 5.74) is 2.50. The predicted octanol–water partition coefficient (Wildman–Crippen LogP) is 3.13. The highest BCUT2D eigenvalue weighted by molar-refractivity contribution is 7.81. The maximum atomic E-state index is 5.35. The van der Waals surface area contributed by atoms with Crippen LogP contribution >= 0.6 is 12.2 Å². The number of thiocarbonyl (C=S) groups is 1. The zero-order valence-corrected chi connectivity index (χ0v) is 7.60.